The van der Waals surface area contributed by atoms with Crippen molar-refractivity contribution in [1.29, 1.82) is 0 Å². The molecule has 22 heavy (non-hydrogen) atoms. The maximum absolute atomic E-state index is 11.1. The molecule has 0 radical (unpaired) electrons. The van der Waals surface area contributed by atoms with E-state index in [4.69, 9.17) is 0 Å². The summed E-state index contributed by atoms with van der Waals surface area (Å²) in [5.41, 5.74) is 0. The first-order chi connectivity index (χ1) is 10.4. The minimum atomic E-state index is -3.13. The fourth-order valence-corrected chi connectivity index (χ4v) is 3.48. The predicted molar refractivity (Wildman–Crippen MR) is 84.9 cm³/mol. The van der Waals surface area contributed by atoms with Gasteiger partial charge in [-0.1, -0.05) is 6.42 Å². The molecule has 1 fully saturated rings. The number of piperidine rings is 1. The van der Waals surface area contributed by atoms with Gasteiger partial charge in [-0.05, 0) is 31.9 Å². The highest BCUT2D eigenvalue weighted by atomic mass is 32.2. The van der Waals surface area contributed by atoms with Gasteiger partial charge in [-0.3, -0.25) is 9.58 Å². The van der Waals surface area contributed by atoms with Crippen molar-refractivity contribution in [3.05, 3.63) is 18.5 Å². The number of aromatic nitrogens is 2. The van der Waals surface area contributed by atoms with Gasteiger partial charge in [0.1, 0.15) is 0 Å². The van der Waals surface area contributed by atoms with E-state index in [-0.39, 0.29) is 0 Å². The lowest BCUT2D eigenvalue weighted by Gasteiger charge is -2.37. The second-order valence-corrected chi connectivity index (χ2v) is 7.81. The Hall–Kier alpha value is -0.960. The lowest BCUT2D eigenvalue weighted by atomic mass is 9.99. The fourth-order valence-electron chi connectivity index (χ4n) is 2.99. The minimum Gasteiger partial charge on any atom is -0.390 e. The van der Waals surface area contributed by atoms with Crippen LogP contribution in [-0.2, 0) is 16.6 Å². The number of sulfonamides is 1. The summed E-state index contributed by atoms with van der Waals surface area (Å²) in [5.74, 6) is 0. The van der Waals surface area contributed by atoms with E-state index in [0.29, 0.717) is 25.7 Å². The molecular formula is C14H26N4O3S. The third kappa shape index (κ3) is 6.04. The van der Waals surface area contributed by atoms with Crippen LogP contribution in [-0.4, -0.2) is 66.2 Å². The Kier molecular flexibility index (Phi) is 6.37. The molecule has 1 aliphatic rings. The number of hydrogen-bond acceptors (Lipinski definition) is 5. The molecule has 2 atom stereocenters. The van der Waals surface area contributed by atoms with Crippen LogP contribution in [0.4, 0.5) is 0 Å². The van der Waals surface area contributed by atoms with Gasteiger partial charge in [0.25, 0.3) is 0 Å². The summed E-state index contributed by atoms with van der Waals surface area (Å²) >= 11 is 0. The fraction of sp³-hybridized carbons (Fsp3) is 0.786. The molecule has 2 N–H and O–H groups in total. The maximum atomic E-state index is 11.1. The number of β-amino-alcohol motifs (C(OH)–C–C–N with tert-alkyl or cyclic N) is 1. The molecule has 0 amide bonds. The van der Waals surface area contributed by atoms with Crippen molar-refractivity contribution in [3.8, 4) is 0 Å². The Morgan fingerprint density at radius 2 is 2.23 bits per heavy atom. The van der Waals surface area contributed by atoms with Crippen molar-refractivity contribution in [2.45, 2.75) is 44.4 Å². The summed E-state index contributed by atoms with van der Waals surface area (Å²) in [6.45, 7) is 2.50. The highest BCUT2D eigenvalue weighted by molar-refractivity contribution is 7.88. The Balaban J connectivity index is 1.81. The van der Waals surface area contributed by atoms with Gasteiger partial charge in [-0.2, -0.15) is 5.10 Å². The first-order valence-electron chi connectivity index (χ1n) is 7.78. The maximum Gasteiger partial charge on any atom is 0.208 e. The van der Waals surface area contributed by atoms with Crippen molar-refractivity contribution in [2.24, 2.45) is 0 Å². The van der Waals surface area contributed by atoms with Crippen LogP contribution in [0, 0.1) is 0 Å². The largest absolute Gasteiger partial charge is 0.390 e. The second-order valence-electron chi connectivity index (χ2n) is 5.98. The SMILES string of the molecule is CS(=O)(=O)NCC[C@H]1CCCCN1C[C@H](O)Cn1cccn1. The smallest absolute Gasteiger partial charge is 0.208 e. The Labute approximate surface area is 132 Å². The first kappa shape index (κ1) is 17.4. The topological polar surface area (TPSA) is 87.5 Å². The van der Waals surface area contributed by atoms with E-state index in [0.717, 1.165) is 32.2 Å². The molecule has 126 valence electrons. The monoisotopic (exact) mass is 330 g/mol. The van der Waals surface area contributed by atoms with E-state index in [1.807, 2.05) is 12.3 Å². The van der Waals surface area contributed by atoms with E-state index >= 15 is 0 Å². The molecule has 1 aliphatic heterocycles. The zero-order valence-corrected chi connectivity index (χ0v) is 13.9. The van der Waals surface area contributed by atoms with Crippen molar-refractivity contribution in [1.82, 2.24) is 19.4 Å². The molecule has 1 aromatic heterocycles. The summed E-state index contributed by atoms with van der Waals surface area (Å²) in [6, 6.07) is 2.17. The summed E-state index contributed by atoms with van der Waals surface area (Å²) in [7, 11) is -3.13. The standard InChI is InChI=1S/C14H26N4O3S/c1-22(20,21)16-8-6-13-5-2-3-9-17(13)11-14(19)12-18-10-4-7-15-18/h4,7,10,13-14,16,19H,2-3,5-6,8-9,11-12H2,1H3/t13-,14+/m1/s1. The third-order valence-electron chi connectivity index (χ3n) is 3.99. The molecule has 2 heterocycles. The van der Waals surface area contributed by atoms with Gasteiger partial charge in [-0.25, -0.2) is 13.1 Å². The van der Waals surface area contributed by atoms with Crippen molar-refractivity contribution in [2.75, 3.05) is 25.9 Å². The molecule has 2 rings (SSSR count). The highest BCUT2D eigenvalue weighted by Gasteiger charge is 2.24. The van der Waals surface area contributed by atoms with E-state index in [1.165, 1.54) is 6.26 Å². The Morgan fingerprint density at radius 1 is 1.41 bits per heavy atom. The van der Waals surface area contributed by atoms with E-state index in [2.05, 4.69) is 14.7 Å². The molecule has 7 nitrogen and oxygen atoms in total. The molecule has 0 saturated carbocycles. The van der Waals surface area contributed by atoms with Crippen LogP contribution in [0.15, 0.2) is 18.5 Å². The molecular weight excluding hydrogens is 304 g/mol. The average molecular weight is 330 g/mol. The molecule has 0 spiro atoms. The molecule has 8 heteroatoms. The van der Waals surface area contributed by atoms with Crippen LogP contribution < -0.4 is 4.72 Å². The van der Waals surface area contributed by atoms with Gasteiger partial charge >= 0.3 is 0 Å². The van der Waals surface area contributed by atoms with Gasteiger partial charge in [0.2, 0.25) is 10.0 Å². The van der Waals surface area contributed by atoms with Crippen LogP contribution in [0.5, 0.6) is 0 Å². The second kappa shape index (κ2) is 8.05. The number of aliphatic hydroxyl groups excluding tert-OH is 1. The van der Waals surface area contributed by atoms with Crippen molar-refractivity contribution in [3.63, 3.8) is 0 Å². The third-order valence-corrected chi connectivity index (χ3v) is 4.72. The molecule has 0 aromatic carbocycles. The van der Waals surface area contributed by atoms with Gasteiger partial charge in [-0.15, -0.1) is 0 Å². The zero-order valence-electron chi connectivity index (χ0n) is 13.1. The normalized spacial score (nSPS) is 21.8. The number of hydrogen-bond donors (Lipinski definition) is 2. The zero-order chi connectivity index (χ0) is 16.0. The molecule has 1 saturated heterocycles. The number of rotatable bonds is 8. The molecule has 0 bridgehead atoms. The number of likely N-dealkylation sites (tertiary alicyclic amines) is 1. The lowest BCUT2D eigenvalue weighted by molar-refractivity contribution is 0.0541. The van der Waals surface area contributed by atoms with Crippen LogP contribution in [0.25, 0.3) is 0 Å². The van der Waals surface area contributed by atoms with Crippen LogP contribution in [0.2, 0.25) is 0 Å². The van der Waals surface area contributed by atoms with Gasteiger partial charge in [0.15, 0.2) is 0 Å². The van der Waals surface area contributed by atoms with Crippen LogP contribution in [0.1, 0.15) is 25.7 Å². The quantitative estimate of drug-likeness (QED) is 0.703. The predicted octanol–water partition coefficient (Wildman–Crippen LogP) is 0.0378. The van der Waals surface area contributed by atoms with Gasteiger partial charge in [0, 0.05) is 31.5 Å². The van der Waals surface area contributed by atoms with Gasteiger partial charge < -0.3 is 5.11 Å². The van der Waals surface area contributed by atoms with Crippen LogP contribution in [0.3, 0.4) is 0 Å². The summed E-state index contributed by atoms with van der Waals surface area (Å²) in [4.78, 5) is 2.28. The highest BCUT2D eigenvalue weighted by Crippen LogP contribution is 2.19. The molecule has 0 aliphatic carbocycles. The molecule has 1 aromatic rings. The molecule has 0 unspecified atom stereocenters. The first-order valence-corrected chi connectivity index (χ1v) is 9.67. The van der Waals surface area contributed by atoms with Crippen molar-refractivity contribution < 1.29 is 13.5 Å². The number of nitrogens with one attached hydrogen (secondary N) is 1. The van der Waals surface area contributed by atoms with E-state index < -0.39 is 16.1 Å². The van der Waals surface area contributed by atoms with Gasteiger partial charge in [0.05, 0.1) is 18.9 Å². The van der Waals surface area contributed by atoms with E-state index in [9.17, 15) is 13.5 Å². The minimum absolute atomic E-state index is 0.329. The summed E-state index contributed by atoms with van der Waals surface area (Å²) in [5, 5.41) is 14.3. The summed E-state index contributed by atoms with van der Waals surface area (Å²) < 4.78 is 26.6. The number of nitrogens with zero attached hydrogens (tertiary/aromatic N) is 3. The summed E-state index contributed by atoms with van der Waals surface area (Å²) in [6.07, 6.45) is 8.38. The Morgan fingerprint density at radius 3 is 2.91 bits per heavy atom. The average Bonchev–Trinajstić information content (AvgIpc) is 2.92. The van der Waals surface area contributed by atoms with Crippen LogP contribution >= 0.6 is 0 Å². The lowest BCUT2D eigenvalue weighted by Crippen LogP contribution is -2.45. The van der Waals surface area contributed by atoms with Crippen molar-refractivity contribution >= 4 is 10.0 Å². The Bertz CT molecular complexity index is 532. The number of aliphatic hydroxyl groups is 1. The van der Waals surface area contributed by atoms with E-state index in [1.54, 1.807) is 10.9 Å².